The number of unbranched alkanes of at least 4 members (excludes halogenated alkanes) is 4. The van der Waals surface area contributed by atoms with E-state index in [1.807, 2.05) is 12.5 Å². The molecule has 0 aliphatic rings. The smallest absolute Gasteiger partial charge is 0.322 e. The van der Waals surface area contributed by atoms with Gasteiger partial charge < -0.3 is 20.9 Å². The number of nitrogens with two attached hydrogens (primary N) is 2. The van der Waals surface area contributed by atoms with Crippen molar-refractivity contribution in [1.82, 2.24) is 0 Å². The van der Waals surface area contributed by atoms with Crippen LogP contribution in [0.1, 0.15) is 65.2 Å². The molecule has 168 valence electrons. The molecule has 0 aromatic carbocycles. The van der Waals surface area contributed by atoms with E-state index in [0.29, 0.717) is 26.1 Å². The van der Waals surface area contributed by atoms with Crippen LogP contribution in [0.5, 0.6) is 0 Å². The molecule has 0 unspecified atom stereocenters. The Balaban J connectivity index is 0. The average molecular weight is 439 g/mol. The number of ether oxygens (including phenoxy) is 2. The van der Waals surface area contributed by atoms with Gasteiger partial charge in [0, 0.05) is 0 Å². The monoisotopic (exact) mass is 438 g/mol. The quantitative estimate of drug-likeness (QED) is 0.278. The molecular formula is C20H42N2O4S2. The minimum absolute atomic E-state index is 0.249. The molecule has 6 nitrogen and oxygen atoms in total. The molecule has 0 spiro atoms. The lowest BCUT2D eigenvalue weighted by Gasteiger charge is -2.10. The Morgan fingerprint density at radius 2 is 1.18 bits per heavy atom. The highest BCUT2D eigenvalue weighted by Crippen LogP contribution is 2.03. The fraction of sp³-hybridized carbons (Fsp3) is 0.900. The highest BCUT2D eigenvalue weighted by molar-refractivity contribution is 7.98. The lowest BCUT2D eigenvalue weighted by molar-refractivity contribution is -0.146. The van der Waals surface area contributed by atoms with Crippen molar-refractivity contribution in [3.05, 3.63) is 0 Å². The van der Waals surface area contributed by atoms with E-state index in [9.17, 15) is 9.59 Å². The molecule has 2 atom stereocenters. The maximum absolute atomic E-state index is 11.3. The zero-order chi connectivity index (χ0) is 21.6. The molecule has 0 bridgehead atoms. The van der Waals surface area contributed by atoms with Crippen LogP contribution in [0.15, 0.2) is 0 Å². The van der Waals surface area contributed by atoms with E-state index in [1.165, 1.54) is 12.8 Å². The van der Waals surface area contributed by atoms with Crippen molar-refractivity contribution in [1.29, 1.82) is 0 Å². The van der Waals surface area contributed by atoms with Gasteiger partial charge in [0.15, 0.2) is 0 Å². The Kier molecular flexibility index (Phi) is 24.3. The molecule has 4 N–H and O–H groups in total. The van der Waals surface area contributed by atoms with Crippen molar-refractivity contribution in [3.63, 3.8) is 0 Å². The predicted molar refractivity (Wildman–Crippen MR) is 123 cm³/mol. The van der Waals surface area contributed by atoms with Crippen LogP contribution in [0.4, 0.5) is 0 Å². The summed E-state index contributed by atoms with van der Waals surface area (Å²) < 4.78 is 10.0. The SMILES string of the molecule is CCCCCCOC(=O)[C@@H](N)CCSC.CCCCOC(=O)[C@@H](N)CCSC. The van der Waals surface area contributed by atoms with Gasteiger partial charge in [-0.25, -0.2) is 0 Å². The number of esters is 2. The van der Waals surface area contributed by atoms with E-state index in [-0.39, 0.29) is 11.9 Å². The second-order valence-corrected chi connectivity index (χ2v) is 8.50. The lowest BCUT2D eigenvalue weighted by Crippen LogP contribution is -2.33. The Morgan fingerprint density at radius 1 is 0.750 bits per heavy atom. The van der Waals surface area contributed by atoms with Gasteiger partial charge in [-0.1, -0.05) is 39.5 Å². The molecule has 0 saturated heterocycles. The normalized spacial score (nSPS) is 12.5. The summed E-state index contributed by atoms with van der Waals surface area (Å²) in [5.74, 6) is 1.30. The number of carbonyl (C=O) groups is 2. The Hall–Kier alpha value is -0.440. The molecular weight excluding hydrogens is 396 g/mol. The fourth-order valence-corrected chi connectivity index (χ4v) is 2.94. The van der Waals surface area contributed by atoms with Crippen molar-refractivity contribution < 1.29 is 19.1 Å². The number of rotatable bonds is 16. The largest absolute Gasteiger partial charge is 0.465 e. The molecule has 0 aromatic rings. The number of hydrogen-bond donors (Lipinski definition) is 2. The average Bonchev–Trinajstić information content (AvgIpc) is 2.70. The van der Waals surface area contributed by atoms with Gasteiger partial charge in [0.25, 0.3) is 0 Å². The van der Waals surface area contributed by atoms with Crippen molar-refractivity contribution in [3.8, 4) is 0 Å². The van der Waals surface area contributed by atoms with E-state index in [2.05, 4.69) is 13.8 Å². The van der Waals surface area contributed by atoms with Crippen LogP contribution in [-0.2, 0) is 19.1 Å². The van der Waals surface area contributed by atoms with Gasteiger partial charge in [-0.2, -0.15) is 23.5 Å². The minimum Gasteiger partial charge on any atom is -0.465 e. The number of carbonyl (C=O) groups excluding carboxylic acids is 2. The third kappa shape index (κ3) is 20.3. The van der Waals surface area contributed by atoms with Crippen molar-refractivity contribution in [2.75, 3.05) is 37.2 Å². The zero-order valence-corrected chi connectivity index (χ0v) is 19.9. The van der Waals surface area contributed by atoms with Crippen LogP contribution in [0, 0.1) is 0 Å². The molecule has 0 saturated carbocycles. The van der Waals surface area contributed by atoms with Crippen LogP contribution in [0.3, 0.4) is 0 Å². The molecule has 0 radical (unpaired) electrons. The van der Waals surface area contributed by atoms with E-state index in [0.717, 1.165) is 37.2 Å². The Bertz CT molecular complexity index is 374. The third-order valence-corrected chi connectivity index (χ3v) is 5.14. The molecule has 8 heteroatoms. The summed E-state index contributed by atoms with van der Waals surface area (Å²) in [6.45, 7) is 5.24. The van der Waals surface area contributed by atoms with E-state index < -0.39 is 12.1 Å². The van der Waals surface area contributed by atoms with Gasteiger partial charge in [0.1, 0.15) is 12.1 Å². The number of hydrogen-bond acceptors (Lipinski definition) is 8. The second kappa shape index (κ2) is 22.8. The number of thioether (sulfide) groups is 2. The summed E-state index contributed by atoms with van der Waals surface area (Å²) in [6, 6.07) is -0.882. The molecule has 0 rings (SSSR count). The van der Waals surface area contributed by atoms with Crippen molar-refractivity contribution >= 4 is 35.5 Å². The van der Waals surface area contributed by atoms with Crippen LogP contribution in [-0.4, -0.2) is 61.3 Å². The van der Waals surface area contributed by atoms with E-state index in [1.54, 1.807) is 23.5 Å². The summed E-state index contributed by atoms with van der Waals surface area (Å²) >= 11 is 3.38. The van der Waals surface area contributed by atoms with Gasteiger partial charge in [-0.3, -0.25) is 9.59 Å². The van der Waals surface area contributed by atoms with Crippen molar-refractivity contribution in [2.24, 2.45) is 11.5 Å². The molecule has 0 amide bonds. The van der Waals surface area contributed by atoms with Crippen molar-refractivity contribution in [2.45, 2.75) is 77.3 Å². The van der Waals surface area contributed by atoms with E-state index >= 15 is 0 Å². The van der Waals surface area contributed by atoms with Gasteiger partial charge in [0.05, 0.1) is 13.2 Å². The Labute approximate surface area is 180 Å². The van der Waals surface area contributed by atoms with Crippen LogP contribution >= 0.6 is 23.5 Å². The topological polar surface area (TPSA) is 105 Å². The minimum atomic E-state index is -0.441. The van der Waals surface area contributed by atoms with Crippen LogP contribution in [0.2, 0.25) is 0 Å². The van der Waals surface area contributed by atoms with Gasteiger partial charge in [-0.05, 0) is 49.7 Å². The summed E-state index contributed by atoms with van der Waals surface area (Å²) in [5, 5.41) is 0. The first-order chi connectivity index (χ1) is 13.4. The summed E-state index contributed by atoms with van der Waals surface area (Å²) in [4.78, 5) is 22.5. The maximum atomic E-state index is 11.3. The first-order valence-electron chi connectivity index (χ1n) is 10.3. The third-order valence-electron chi connectivity index (χ3n) is 3.86. The molecule has 28 heavy (non-hydrogen) atoms. The maximum Gasteiger partial charge on any atom is 0.322 e. The summed E-state index contributed by atoms with van der Waals surface area (Å²) in [7, 11) is 0. The van der Waals surface area contributed by atoms with Crippen LogP contribution in [0.25, 0.3) is 0 Å². The molecule has 0 aliphatic heterocycles. The van der Waals surface area contributed by atoms with Gasteiger partial charge in [0.2, 0.25) is 0 Å². The molecule has 0 aliphatic carbocycles. The lowest BCUT2D eigenvalue weighted by atomic mass is 10.2. The highest BCUT2D eigenvalue weighted by atomic mass is 32.2. The highest BCUT2D eigenvalue weighted by Gasteiger charge is 2.14. The second-order valence-electron chi connectivity index (χ2n) is 6.53. The first-order valence-corrected chi connectivity index (χ1v) is 13.1. The standard InChI is InChI=1S/C11H23NO2S.C9H19NO2S/c1-3-4-5-6-8-14-11(13)10(12)7-9-15-2;1-3-4-6-12-9(11)8(10)5-7-13-2/h10H,3-9,12H2,1-2H3;8H,3-7,10H2,1-2H3/t10-;8-/m00/s1. The van der Waals surface area contributed by atoms with E-state index in [4.69, 9.17) is 20.9 Å². The molecule has 0 aromatic heterocycles. The summed E-state index contributed by atoms with van der Waals surface area (Å²) in [6.07, 6.45) is 11.8. The van der Waals surface area contributed by atoms with Crippen LogP contribution < -0.4 is 11.5 Å². The fourth-order valence-electron chi connectivity index (χ4n) is 1.96. The van der Waals surface area contributed by atoms with Gasteiger partial charge >= 0.3 is 11.9 Å². The molecule has 0 fully saturated rings. The molecule has 0 heterocycles. The van der Waals surface area contributed by atoms with Gasteiger partial charge in [-0.15, -0.1) is 0 Å². The first kappa shape index (κ1) is 29.8. The zero-order valence-electron chi connectivity index (χ0n) is 18.2. The Morgan fingerprint density at radius 3 is 1.57 bits per heavy atom. The predicted octanol–water partition coefficient (Wildman–Crippen LogP) is 3.60. The summed E-state index contributed by atoms with van der Waals surface area (Å²) in [5.41, 5.74) is 11.3.